The molecule has 0 fully saturated rings. The molecule has 0 bridgehead atoms. The fraction of sp³-hybridized carbons (Fsp3) is 0.222. The van der Waals surface area contributed by atoms with E-state index in [9.17, 15) is 8.42 Å². The number of halogens is 1. The number of aromatic nitrogens is 2. The summed E-state index contributed by atoms with van der Waals surface area (Å²) in [4.78, 5) is 4.26. The fourth-order valence-corrected chi connectivity index (χ4v) is 3.77. The monoisotopic (exact) mass is 391 g/mol. The lowest BCUT2D eigenvalue weighted by Crippen LogP contribution is -2.28. The second-order valence-corrected chi connectivity index (χ2v) is 8.47. The predicted molar refractivity (Wildman–Crippen MR) is 100 cm³/mol. The SMILES string of the molecule is Cc1ccccc1CS(=O)(=O)N(C)Cc1nc(-c2ccc(Cl)cc2)no1. The first-order valence-corrected chi connectivity index (χ1v) is 9.91. The molecule has 0 unspecified atom stereocenters. The molecule has 0 aliphatic heterocycles. The number of rotatable bonds is 6. The van der Waals surface area contributed by atoms with Gasteiger partial charge in [-0.05, 0) is 42.3 Å². The molecule has 0 radical (unpaired) electrons. The molecule has 0 aliphatic rings. The van der Waals surface area contributed by atoms with Gasteiger partial charge in [0.15, 0.2) is 0 Å². The molecule has 6 nitrogen and oxygen atoms in total. The van der Waals surface area contributed by atoms with Crippen molar-refractivity contribution in [1.29, 1.82) is 0 Å². The largest absolute Gasteiger partial charge is 0.338 e. The summed E-state index contributed by atoms with van der Waals surface area (Å²) < 4.78 is 31.6. The second kappa shape index (κ2) is 7.57. The minimum absolute atomic E-state index is 0.00873. The molecule has 1 heterocycles. The third-order valence-electron chi connectivity index (χ3n) is 4.00. The normalized spacial score (nSPS) is 11.8. The number of sulfonamides is 1. The number of nitrogens with zero attached hydrogens (tertiary/aromatic N) is 3. The summed E-state index contributed by atoms with van der Waals surface area (Å²) in [5.74, 6) is 0.543. The average Bonchev–Trinajstić information content (AvgIpc) is 3.06. The quantitative estimate of drug-likeness (QED) is 0.640. The standard InChI is InChI=1S/C18H18ClN3O3S/c1-13-5-3-4-6-15(13)12-26(23,24)22(2)11-17-20-18(21-25-17)14-7-9-16(19)10-8-14/h3-10H,11-12H2,1-2H3. The molecule has 0 atom stereocenters. The number of hydrogen-bond donors (Lipinski definition) is 0. The number of hydrogen-bond acceptors (Lipinski definition) is 5. The highest BCUT2D eigenvalue weighted by Gasteiger charge is 2.22. The third-order valence-corrected chi connectivity index (χ3v) is 6.01. The molecule has 0 saturated carbocycles. The molecule has 136 valence electrons. The summed E-state index contributed by atoms with van der Waals surface area (Å²) in [6.07, 6.45) is 0. The van der Waals surface area contributed by atoms with Crippen molar-refractivity contribution >= 4 is 21.6 Å². The van der Waals surface area contributed by atoms with Gasteiger partial charge in [0.25, 0.3) is 0 Å². The number of aryl methyl sites for hydroxylation is 1. The topological polar surface area (TPSA) is 76.3 Å². The van der Waals surface area contributed by atoms with E-state index in [1.807, 2.05) is 31.2 Å². The van der Waals surface area contributed by atoms with Crippen LogP contribution in [0.4, 0.5) is 0 Å². The van der Waals surface area contributed by atoms with Crippen molar-refractivity contribution in [3.05, 3.63) is 70.6 Å². The molecule has 3 aromatic rings. The molecular formula is C18H18ClN3O3S. The predicted octanol–water partition coefficient (Wildman–Crippen LogP) is 3.66. The van der Waals surface area contributed by atoms with Crippen LogP contribution in [0.25, 0.3) is 11.4 Å². The third kappa shape index (κ3) is 4.30. The van der Waals surface area contributed by atoms with Gasteiger partial charge < -0.3 is 4.52 Å². The Balaban J connectivity index is 1.72. The van der Waals surface area contributed by atoms with Crippen molar-refractivity contribution in [2.24, 2.45) is 0 Å². The van der Waals surface area contributed by atoms with Crippen LogP contribution in [-0.4, -0.2) is 29.9 Å². The van der Waals surface area contributed by atoms with Crippen LogP contribution in [0.5, 0.6) is 0 Å². The molecule has 26 heavy (non-hydrogen) atoms. The molecule has 1 aromatic heterocycles. The molecule has 8 heteroatoms. The van der Waals surface area contributed by atoms with Gasteiger partial charge in [0, 0.05) is 17.6 Å². The molecule has 2 aromatic carbocycles. The highest BCUT2D eigenvalue weighted by atomic mass is 35.5. The van der Waals surface area contributed by atoms with Crippen molar-refractivity contribution in [2.45, 2.75) is 19.2 Å². The van der Waals surface area contributed by atoms with Crippen LogP contribution in [0.15, 0.2) is 53.1 Å². The van der Waals surface area contributed by atoms with Crippen molar-refractivity contribution in [3.8, 4) is 11.4 Å². The van der Waals surface area contributed by atoms with Crippen LogP contribution in [-0.2, 0) is 22.3 Å². The summed E-state index contributed by atoms with van der Waals surface area (Å²) in [7, 11) is -2.01. The lowest BCUT2D eigenvalue weighted by atomic mass is 10.1. The zero-order chi connectivity index (χ0) is 18.7. The Morgan fingerprint density at radius 2 is 1.81 bits per heavy atom. The molecular weight excluding hydrogens is 374 g/mol. The summed E-state index contributed by atoms with van der Waals surface area (Å²) in [5.41, 5.74) is 2.45. The van der Waals surface area contributed by atoms with E-state index in [0.29, 0.717) is 10.8 Å². The van der Waals surface area contributed by atoms with E-state index >= 15 is 0 Å². The van der Waals surface area contributed by atoms with Crippen LogP contribution in [0, 0.1) is 6.92 Å². The van der Waals surface area contributed by atoms with Gasteiger partial charge in [-0.2, -0.15) is 9.29 Å². The molecule has 0 aliphatic carbocycles. The maximum Gasteiger partial charge on any atom is 0.242 e. The van der Waals surface area contributed by atoms with Crippen molar-refractivity contribution < 1.29 is 12.9 Å². The van der Waals surface area contributed by atoms with Gasteiger partial charge >= 0.3 is 0 Å². The van der Waals surface area contributed by atoms with Crippen LogP contribution in [0.3, 0.4) is 0 Å². The Morgan fingerprint density at radius 1 is 1.12 bits per heavy atom. The van der Waals surface area contributed by atoms with Gasteiger partial charge in [0.1, 0.15) is 0 Å². The first-order chi connectivity index (χ1) is 12.3. The van der Waals surface area contributed by atoms with Gasteiger partial charge in [-0.1, -0.05) is 41.0 Å². The minimum atomic E-state index is -3.51. The first-order valence-electron chi connectivity index (χ1n) is 7.92. The van der Waals surface area contributed by atoms with Gasteiger partial charge in [-0.15, -0.1) is 0 Å². The smallest absolute Gasteiger partial charge is 0.242 e. The van der Waals surface area contributed by atoms with Crippen LogP contribution in [0.2, 0.25) is 5.02 Å². The fourth-order valence-electron chi connectivity index (χ4n) is 2.40. The molecule has 0 saturated heterocycles. The summed E-state index contributed by atoms with van der Waals surface area (Å²) in [6, 6.07) is 14.4. The lowest BCUT2D eigenvalue weighted by Gasteiger charge is -2.15. The van der Waals surface area contributed by atoms with E-state index in [1.54, 1.807) is 24.3 Å². The van der Waals surface area contributed by atoms with E-state index < -0.39 is 10.0 Å². The van der Waals surface area contributed by atoms with Crippen molar-refractivity contribution in [3.63, 3.8) is 0 Å². The Kier molecular flexibility index (Phi) is 5.41. The Labute approximate surface area is 157 Å². The van der Waals surface area contributed by atoms with Crippen molar-refractivity contribution in [1.82, 2.24) is 14.4 Å². The zero-order valence-electron chi connectivity index (χ0n) is 14.4. The van der Waals surface area contributed by atoms with Gasteiger partial charge in [-0.25, -0.2) is 8.42 Å². The highest BCUT2D eigenvalue weighted by molar-refractivity contribution is 7.88. The van der Waals surface area contributed by atoms with Gasteiger partial charge in [0.05, 0.1) is 12.3 Å². The maximum atomic E-state index is 12.6. The summed E-state index contributed by atoms with van der Waals surface area (Å²) in [6.45, 7) is 1.90. The van der Waals surface area contributed by atoms with E-state index in [1.165, 1.54) is 11.4 Å². The van der Waals surface area contributed by atoms with E-state index in [4.69, 9.17) is 16.1 Å². The van der Waals surface area contributed by atoms with E-state index in [-0.39, 0.29) is 18.2 Å². The second-order valence-electron chi connectivity index (χ2n) is 5.96. The summed E-state index contributed by atoms with van der Waals surface area (Å²) in [5, 5.41) is 4.51. The van der Waals surface area contributed by atoms with Gasteiger partial charge in [0.2, 0.25) is 21.7 Å². The molecule has 0 spiro atoms. The molecule has 3 rings (SSSR count). The average molecular weight is 392 g/mol. The Bertz CT molecular complexity index is 1000. The minimum Gasteiger partial charge on any atom is -0.338 e. The number of benzene rings is 2. The Hall–Kier alpha value is -2.22. The van der Waals surface area contributed by atoms with E-state index in [0.717, 1.165) is 16.7 Å². The van der Waals surface area contributed by atoms with Crippen molar-refractivity contribution in [2.75, 3.05) is 7.05 Å². The van der Waals surface area contributed by atoms with Crippen LogP contribution < -0.4 is 0 Å². The maximum absolute atomic E-state index is 12.6. The van der Waals surface area contributed by atoms with Crippen LogP contribution >= 0.6 is 11.6 Å². The summed E-state index contributed by atoms with van der Waals surface area (Å²) >= 11 is 5.86. The molecule has 0 N–H and O–H groups in total. The van der Waals surface area contributed by atoms with Gasteiger partial charge in [-0.3, -0.25) is 0 Å². The highest BCUT2D eigenvalue weighted by Crippen LogP contribution is 2.20. The first kappa shape index (κ1) is 18.6. The molecule has 0 amide bonds. The van der Waals surface area contributed by atoms with Crippen LogP contribution in [0.1, 0.15) is 17.0 Å². The lowest BCUT2D eigenvalue weighted by molar-refractivity contribution is 0.336. The van der Waals surface area contributed by atoms with E-state index in [2.05, 4.69) is 10.1 Å². The Morgan fingerprint density at radius 3 is 2.50 bits per heavy atom. The zero-order valence-corrected chi connectivity index (χ0v) is 16.0.